The number of piperazine rings is 1. The van der Waals surface area contributed by atoms with E-state index < -0.39 is 6.10 Å². The number of aliphatic hydroxyl groups excluding tert-OH is 1. The third kappa shape index (κ3) is 4.04. The molecule has 2 heterocycles. The minimum Gasteiger partial charge on any atom is -0.380 e. The van der Waals surface area contributed by atoms with Crippen LogP contribution in [0.25, 0.3) is 0 Å². The highest BCUT2D eigenvalue weighted by Crippen LogP contribution is 2.33. The van der Waals surface area contributed by atoms with Gasteiger partial charge in [0, 0.05) is 57.7 Å². The lowest BCUT2D eigenvalue weighted by molar-refractivity contribution is 0.205. The SMILES string of the molecule is Cc1ccccc1CN1CCN(c2c(F)cccc2[C@H](O)c2nccn2C)CC1. The van der Waals surface area contributed by atoms with Crippen LogP contribution in [0.3, 0.4) is 0 Å². The van der Waals surface area contributed by atoms with Crippen molar-refractivity contribution >= 4 is 5.69 Å². The molecule has 0 bridgehead atoms. The maximum atomic E-state index is 14.8. The normalized spacial score (nSPS) is 16.2. The number of aryl methyl sites for hydroxylation is 2. The lowest BCUT2D eigenvalue weighted by Gasteiger charge is -2.37. The minimum absolute atomic E-state index is 0.303. The molecule has 6 heteroatoms. The summed E-state index contributed by atoms with van der Waals surface area (Å²) in [6.07, 6.45) is 2.45. The molecule has 152 valence electrons. The van der Waals surface area contributed by atoms with E-state index in [2.05, 4.69) is 41.1 Å². The van der Waals surface area contributed by atoms with Crippen molar-refractivity contribution in [1.82, 2.24) is 14.5 Å². The number of imidazole rings is 1. The second-order valence-electron chi connectivity index (χ2n) is 7.67. The quantitative estimate of drug-likeness (QED) is 0.721. The Labute approximate surface area is 171 Å². The number of anilines is 1. The molecular formula is C23H27FN4O. The van der Waals surface area contributed by atoms with Crippen LogP contribution < -0.4 is 4.90 Å². The van der Waals surface area contributed by atoms with Crippen LogP contribution in [0.4, 0.5) is 10.1 Å². The summed E-state index contributed by atoms with van der Waals surface area (Å²) in [7, 11) is 1.83. The second kappa shape index (κ2) is 8.35. The Morgan fingerprint density at radius 3 is 2.52 bits per heavy atom. The smallest absolute Gasteiger partial charge is 0.146 e. The highest BCUT2D eigenvalue weighted by Gasteiger charge is 2.26. The Balaban J connectivity index is 1.51. The van der Waals surface area contributed by atoms with E-state index in [0.717, 1.165) is 19.6 Å². The lowest BCUT2D eigenvalue weighted by atomic mass is 10.0. The predicted octanol–water partition coefficient (Wildman–Crippen LogP) is 3.27. The van der Waals surface area contributed by atoms with Crippen molar-refractivity contribution < 1.29 is 9.50 Å². The van der Waals surface area contributed by atoms with Crippen molar-refractivity contribution in [3.05, 3.63) is 83.2 Å². The van der Waals surface area contributed by atoms with Crippen LogP contribution in [0.1, 0.15) is 28.6 Å². The molecule has 2 aromatic carbocycles. The van der Waals surface area contributed by atoms with Gasteiger partial charge < -0.3 is 14.6 Å². The van der Waals surface area contributed by atoms with Crippen LogP contribution in [0, 0.1) is 12.7 Å². The first-order valence-electron chi connectivity index (χ1n) is 10.00. The van der Waals surface area contributed by atoms with Crippen LogP contribution in [-0.4, -0.2) is 45.7 Å². The van der Waals surface area contributed by atoms with E-state index in [9.17, 15) is 9.50 Å². The molecule has 1 aliphatic heterocycles. The van der Waals surface area contributed by atoms with E-state index >= 15 is 0 Å². The van der Waals surface area contributed by atoms with E-state index in [0.29, 0.717) is 30.2 Å². The minimum atomic E-state index is -0.967. The van der Waals surface area contributed by atoms with Crippen molar-refractivity contribution in [2.45, 2.75) is 19.6 Å². The molecular weight excluding hydrogens is 367 g/mol. The number of rotatable bonds is 5. The van der Waals surface area contributed by atoms with Crippen molar-refractivity contribution in [2.75, 3.05) is 31.1 Å². The number of para-hydroxylation sites is 1. The summed E-state index contributed by atoms with van der Waals surface area (Å²) in [4.78, 5) is 8.68. The second-order valence-corrected chi connectivity index (χ2v) is 7.67. The van der Waals surface area contributed by atoms with Crippen LogP contribution in [0.5, 0.6) is 0 Å². The van der Waals surface area contributed by atoms with Crippen molar-refractivity contribution in [3.8, 4) is 0 Å². The fraction of sp³-hybridized carbons (Fsp3) is 0.348. The van der Waals surface area contributed by atoms with Gasteiger partial charge in [0.2, 0.25) is 0 Å². The van der Waals surface area contributed by atoms with E-state index in [1.54, 1.807) is 29.1 Å². The molecule has 1 N–H and O–H groups in total. The van der Waals surface area contributed by atoms with Gasteiger partial charge in [-0.05, 0) is 24.1 Å². The zero-order valence-electron chi connectivity index (χ0n) is 16.9. The first kappa shape index (κ1) is 19.6. The Bertz CT molecular complexity index is 979. The Hall–Kier alpha value is -2.70. The van der Waals surface area contributed by atoms with Crippen LogP contribution in [-0.2, 0) is 13.6 Å². The Morgan fingerprint density at radius 1 is 1.07 bits per heavy atom. The van der Waals surface area contributed by atoms with Gasteiger partial charge in [0.15, 0.2) is 0 Å². The summed E-state index contributed by atoms with van der Waals surface area (Å²) in [6, 6.07) is 13.3. The molecule has 1 aromatic heterocycles. The predicted molar refractivity (Wildman–Crippen MR) is 112 cm³/mol. The first-order chi connectivity index (χ1) is 14.0. The number of hydrogen-bond acceptors (Lipinski definition) is 4. The standard InChI is InChI=1S/C23H27FN4O/c1-17-6-3-4-7-18(17)16-27-12-14-28(15-13-27)21-19(8-5-9-20(21)24)22(29)23-25-10-11-26(23)2/h3-11,22,29H,12-16H2,1-2H3/t22-/m0/s1. The maximum absolute atomic E-state index is 14.8. The molecule has 1 saturated heterocycles. The molecule has 4 rings (SSSR count). The molecule has 0 amide bonds. The van der Waals surface area contributed by atoms with Crippen LogP contribution >= 0.6 is 0 Å². The van der Waals surface area contributed by atoms with Gasteiger partial charge in [-0.2, -0.15) is 0 Å². The van der Waals surface area contributed by atoms with Gasteiger partial charge in [-0.1, -0.05) is 36.4 Å². The Kier molecular flexibility index (Phi) is 5.65. The molecule has 0 unspecified atom stereocenters. The summed E-state index contributed by atoms with van der Waals surface area (Å²) < 4.78 is 16.6. The van der Waals surface area contributed by atoms with Crippen molar-refractivity contribution in [1.29, 1.82) is 0 Å². The number of nitrogens with zero attached hydrogens (tertiary/aromatic N) is 4. The summed E-state index contributed by atoms with van der Waals surface area (Å²) in [5.74, 6) is 0.207. The summed E-state index contributed by atoms with van der Waals surface area (Å²) in [6.45, 7) is 6.16. The van der Waals surface area contributed by atoms with E-state index in [-0.39, 0.29) is 5.82 Å². The van der Waals surface area contributed by atoms with Gasteiger partial charge in [0.1, 0.15) is 17.7 Å². The third-order valence-electron chi connectivity index (χ3n) is 5.76. The van der Waals surface area contributed by atoms with Gasteiger partial charge in [-0.25, -0.2) is 9.37 Å². The molecule has 0 saturated carbocycles. The van der Waals surface area contributed by atoms with Crippen LogP contribution in [0.15, 0.2) is 54.9 Å². The Morgan fingerprint density at radius 2 is 1.83 bits per heavy atom. The van der Waals surface area contributed by atoms with Gasteiger partial charge >= 0.3 is 0 Å². The summed E-state index contributed by atoms with van der Waals surface area (Å²) >= 11 is 0. The monoisotopic (exact) mass is 394 g/mol. The molecule has 0 spiro atoms. The topological polar surface area (TPSA) is 44.5 Å². The average molecular weight is 394 g/mol. The van der Waals surface area contributed by atoms with Crippen LogP contribution in [0.2, 0.25) is 0 Å². The van der Waals surface area contributed by atoms with E-state index in [1.807, 2.05) is 11.9 Å². The van der Waals surface area contributed by atoms with E-state index in [4.69, 9.17) is 0 Å². The summed E-state index contributed by atoms with van der Waals surface area (Å²) in [5.41, 5.74) is 3.67. The third-order valence-corrected chi connectivity index (χ3v) is 5.76. The van der Waals surface area contributed by atoms with Gasteiger partial charge in [-0.3, -0.25) is 4.90 Å². The number of aromatic nitrogens is 2. The zero-order valence-corrected chi connectivity index (χ0v) is 16.9. The highest BCUT2D eigenvalue weighted by atomic mass is 19.1. The van der Waals surface area contributed by atoms with E-state index in [1.165, 1.54) is 17.2 Å². The molecule has 29 heavy (non-hydrogen) atoms. The fourth-order valence-corrected chi connectivity index (χ4v) is 4.02. The lowest BCUT2D eigenvalue weighted by Crippen LogP contribution is -2.46. The zero-order chi connectivity index (χ0) is 20.4. The molecule has 1 atom stereocenters. The number of hydrogen-bond donors (Lipinski definition) is 1. The fourth-order valence-electron chi connectivity index (χ4n) is 4.02. The average Bonchev–Trinajstić information content (AvgIpc) is 3.16. The van der Waals surface area contributed by atoms with Crippen molar-refractivity contribution in [2.24, 2.45) is 7.05 Å². The first-order valence-corrected chi connectivity index (χ1v) is 10.00. The van der Waals surface area contributed by atoms with Gasteiger partial charge in [-0.15, -0.1) is 0 Å². The molecule has 3 aromatic rings. The molecule has 5 nitrogen and oxygen atoms in total. The van der Waals surface area contributed by atoms with Gasteiger partial charge in [0.25, 0.3) is 0 Å². The molecule has 1 aliphatic rings. The highest BCUT2D eigenvalue weighted by molar-refractivity contribution is 5.57. The maximum Gasteiger partial charge on any atom is 0.146 e. The largest absolute Gasteiger partial charge is 0.380 e. The number of halogens is 1. The number of aliphatic hydroxyl groups is 1. The molecule has 0 aliphatic carbocycles. The van der Waals surface area contributed by atoms with Gasteiger partial charge in [0.05, 0.1) is 5.69 Å². The molecule has 0 radical (unpaired) electrons. The molecule has 1 fully saturated rings. The summed E-state index contributed by atoms with van der Waals surface area (Å²) in [5, 5.41) is 10.9. The van der Waals surface area contributed by atoms with Crippen molar-refractivity contribution in [3.63, 3.8) is 0 Å². The number of benzene rings is 2.